The summed E-state index contributed by atoms with van der Waals surface area (Å²) in [5, 5.41) is 12.3. The van der Waals surface area contributed by atoms with Gasteiger partial charge < -0.3 is 10.4 Å². The summed E-state index contributed by atoms with van der Waals surface area (Å²) in [7, 11) is 0. The predicted octanol–water partition coefficient (Wildman–Crippen LogP) is 2.66. The third-order valence-electron chi connectivity index (χ3n) is 4.55. The number of hydrogen-bond acceptors (Lipinski definition) is 3. The molecule has 1 atom stereocenters. The molecule has 0 amide bonds. The lowest BCUT2D eigenvalue weighted by Gasteiger charge is -2.33. The van der Waals surface area contributed by atoms with Crippen molar-refractivity contribution in [3.05, 3.63) is 35.4 Å². The molecule has 0 spiro atoms. The van der Waals surface area contributed by atoms with Crippen LogP contribution in [-0.4, -0.2) is 41.7 Å². The first-order valence-electron chi connectivity index (χ1n) is 8.32. The maximum atomic E-state index is 11.2. The van der Waals surface area contributed by atoms with Crippen molar-refractivity contribution in [3.63, 3.8) is 0 Å². The summed E-state index contributed by atoms with van der Waals surface area (Å²) >= 11 is 0. The summed E-state index contributed by atoms with van der Waals surface area (Å²) in [5.74, 6) is -0.196. The van der Waals surface area contributed by atoms with E-state index in [1.54, 1.807) is 0 Å². The molecule has 1 saturated heterocycles. The summed E-state index contributed by atoms with van der Waals surface area (Å²) in [6.07, 6.45) is 2.95. The number of aliphatic carboxylic acids is 1. The van der Waals surface area contributed by atoms with Crippen LogP contribution in [0.15, 0.2) is 24.3 Å². The van der Waals surface area contributed by atoms with Gasteiger partial charge in [0.25, 0.3) is 0 Å². The van der Waals surface area contributed by atoms with Gasteiger partial charge in [0.15, 0.2) is 0 Å². The number of likely N-dealkylation sites (tertiary alicyclic amines) is 1. The topological polar surface area (TPSA) is 52.6 Å². The van der Waals surface area contributed by atoms with E-state index in [1.807, 2.05) is 6.92 Å². The second kappa shape index (κ2) is 8.30. The average Bonchev–Trinajstić information content (AvgIpc) is 2.51. The van der Waals surface area contributed by atoms with Crippen molar-refractivity contribution in [2.45, 2.75) is 45.7 Å². The zero-order valence-corrected chi connectivity index (χ0v) is 13.7. The third kappa shape index (κ3) is 5.11. The van der Waals surface area contributed by atoms with E-state index in [4.69, 9.17) is 0 Å². The van der Waals surface area contributed by atoms with Crippen LogP contribution in [0.2, 0.25) is 0 Å². The van der Waals surface area contributed by atoms with Crippen LogP contribution in [0.4, 0.5) is 0 Å². The quantitative estimate of drug-likeness (QED) is 0.813. The minimum atomic E-state index is -0.719. The zero-order valence-electron chi connectivity index (χ0n) is 13.7. The van der Waals surface area contributed by atoms with Crippen molar-refractivity contribution in [1.29, 1.82) is 0 Å². The summed E-state index contributed by atoms with van der Waals surface area (Å²) in [6, 6.07) is 8.34. The summed E-state index contributed by atoms with van der Waals surface area (Å²) in [6.45, 7) is 7.92. The molecule has 2 rings (SSSR count). The Labute approximate surface area is 133 Å². The molecule has 22 heavy (non-hydrogen) atoms. The van der Waals surface area contributed by atoms with E-state index in [2.05, 4.69) is 41.4 Å². The van der Waals surface area contributed by atoms with Gasteiger partial charge in [-0.1, -0.05) is 36.8 Å². The molecule has 1 fully saturated rings. The van der Waals surface area contributed by atoms with Gasteiger partial charge in [0.1, 0.15) is 6.04 Å². The number of nitrogens with zero attached hydrogens (tertiary/aromatic N) is 1. The van der Waals surface area contributed by atoms with Crippen molar-refractivity contribution in [2.75, 3.05) is 19.6 Å². The minimum Gasteiger partial charge on any atom is -0.480 e. The molecule has 4 nitrogen and oxygen atoms in total. The van der Waals surface area contributed by atoms with Gasteiger partial charge in [0.05, 0.1) is 0 Å². The third-order valence-corrected chi connectivity index (χ3v) is 4.55. The predicted molar refractivity (Wildman–Crippen MR) is 88.9 cm³/mol. The fraction of sp³-hybridized carbons (Fsp3) is 0.611. The van der Waals surface area contributed by atoms with Crippen LogP contribution >= 0.6 is 0 Å². The van der Waals surface area contributed by atoms with Crippen molar-refractivity contribution in [3.8, 4) is 0 Å². The summed E-state index contributed by atoms with van der Waals surface area (Å²) in [4.78, 5) is 13.7. The smallest absolute Gasteiger partial charge is 0.320 e. The minimum absolute atomic E-state index is 0.390. The molecule has 0 saturated carbocycles. The highest BCUT2D eigenvalue weighted by Gasteiger charge is 2.25. The Bertz CT molecular complexity index is 464. The van der Waals surface area contributed by atoms with Crippen LogP contribution in [0, 0.1) is 12.8 Å². The van der Waals surface area contributed by atoms with Gasteiger partial charge in [-0.15, -0.1) is 0 Å². The van der Waals surface area contributed by atoms with Crippen LogP contribution in [0.25, 0.3) is 0 Å². The molecule has 1 unspecified atom stereocenters. The molecule has 1 aromatic rings. The van der Waals surface area contributed by atoms with Crippen LogP contribution in [0.3, 0.4) is 0 Å². The standard InChI is InChI=1S/C18H28N2O2/c1-3-19-17(18(21)22)12-15-8-10-20(11-9-15)13-16-6-4-14(2)5-7-16/h4-7,15,17,19H,3,8-13H2,1-2H3,(H,21,22). The lowest BCUT2D eigenvalue weighted by Crippen LogP contribution is -2.41. The SMILES string of the molecule is CCNC(CC1CCN(Cc2ccc(C)cc2)CC1)C(=O)O. The number of carboxylic acids is 1. The number of aryl methyl sites for hydroxylation is 1. The molecule has 0 aliphatic carbocycles. The Morgan fingerprint density at radius 2 is 1.95 bits per heavy atom. The molecule has 0 aromatic heterocycles. The number of likely N-dealkylation sites (N-methyl/N-ethyl adjacent to an activating group) is 1. The molecule has 4 heteroatoms. The van der Waals surface area contributed by atoms with E-state index in [0.29, 0.717) is 12.5 Å². The van der Waals surface area contributed by atoms with Crippen LogP contribution in [0.1, 0.15) is 37.3 Å². The molecular formula is C18H28N2O2. The molecule has 0 bridgehead atoms. The highest BCUT2D eigenvalue weighted by molar-refractivity contribution is 5.73. The summed E-state index contributed by atoms with van der Waals surface area (Å²) in [5.41, 5.74) is 2.66. The zero-order chi connectivity index (χ0) is 15.9. The second-order valence-electron chi connectivity index (χ2n) is 6.39. The van der Waals surface area contributed by atoms with Crippen LogP contribution in [0.5, 0.6) is 0 Å². The van der Waals surface area contributed by atoms with Gasteiger partial charge in [-0.3, -0.25) is 9.69 Å². The number of piperidine rings is 1. The molecule has 1 aliphatic heterocycles. The van der Waals surface area contributed by atoms with Gasteiger partial charge in [0.2, 0.25) is 0 Å². The molecule has 2 N–H and O–H groups in total. The number of carboxylic acid groups (broad SMARTS) is 1. The van der Waals surface area contributed by atoms with Crippen molar-refractivity contribution in [1.82, 2.24) is 10.2 Å². The maximum Gasteiger partial charge on any atom is 0.320 e. The highest BCUT2D eigenvalue weighted by atomic mass is 16.4. The van der Waals surface area contributed by atoms with E-state index < -0.39 is 12.0 Å². The molecular weight excluding hydrogens is 276 g/mol. The number of benzene rings is 1. The van der Waals surface area contributed by atoms with Crippen LogP contribution in [-0.2, 0) is 11.3 Å². The first kappa shape index (κ1) is 17.0. The normalized spacial score (nSPS) is 18.3. The molecule has 1 heterocycles. The van der Waals surface area contributed by atoms with E-state index >= 15 is 0 Å². The van der Waals surface area contributed by atoms with E-state index in [-0.39, 0.29) is 0 Å². The fourth-order valence-corrected chi connectivity index (χ4v) is 3.18. The first-order valence-corrected chi connectivity index (χ1v) is 8.32. The monoisotopic (exact) mass is 304 g/mol. The van der Waals surface area contributed by atoms with Crippen LogP contribution < -0.4 is 5.32 Å². The van der Waals surface area contributed by atoms with Crippen molar-refractivity contribution < 1.29 is 9.90 Å². The number of nitrogens with one attached hydrogen (secondary N) is 1. The molecule has 122 valence electrons. The summed E-state index contributed by atoms with van der Waals surface area (Å²) < 4.78 is 0. The average molecular weight is 304 g/mol. The van der Waals surface area contributed by atoms with Crippen molar-refractivity contribution >= 4 is 5.97 Å². The number of hydrogen-bond donors (Lipinski definition) is 2. The van der Waals surface area contributed by atoms with E-state index in [9.17, 15) is 9.90 Å². The lowest BCUT2D eigenvalue weighted by atomic mass is 9.90. The molecule has 1 aliphatic rings. The molecule has 1 aromatic carbocycles. The van der Waals surface area contributed by atoms with Gasteiger partial charge in [-0.25, -0.2) is 0 Å². The highest BCUT2D eigenvalue weighted by Crippen LogP contribution is 2.23. The number of carbonyl (C=O) groups is 1. The maximum absolute atomic E-state index is 11.2. The lowest BCUT2D eigenvalue weighted by molar-refractivity contribution is -0.140. The van der Waals surface area contributed by atoms with Gasteiger partial charge in [0, 0.05) is 6.54 Å². The second-order valence-corrected chi connectivity index (χ2v) is 6.39. The Kier molecular flexibility index (Phi) is 6.40. The first-order chi connectivity index (χ1) is 10.6. The van der Waals surface area contributed by atoms with E-state index in [1.165, 1.54) is 11.1 Å². The van der Waals surface area contributed by atoms with E-state index in [0.717, 1.165) is 38.9 Å². The Balaban J connectivity index is 1.77. The Morgan fingerprint density at radius 3 is 2.50 bits per heavy atom. The largest absolute Gasteiger partial charge is 0.480 e. The Hall–Kier alpha value is -1.39. The van der Waals surface area contributed by atoms with Gasteiger partial charge in [-0.05, 0) is 57.3 Å². The molecule has 0 radical (unpaired) electrons. The van der Waals surface area contributed by atoms with Crippen molar-refractivity contribution in [2.24, 2.45) is 5.92 Å². The number of rotatable bonds is 7. The van der Waals surface area contributed by atoms with Gasteiger partial charge in [-0.2, -0.15) is 0 Å². The fourth-order valence-electron chi connectivity index (χ4n) is 3.18. The van der Waals surface area contributed by atoms with Gasteiger partial charge >= 0.3 is 5.97 Å². The Morgan fingerprint density at radius 1 is 1.32 bits per heavy atom.